The number of esters is 1. The summed E-state index contributed by atoms with van der Waals surface area (Å²) in [4.78, 5) is 49.0. The van der Waals surface area contributed by atoms with Gasteiger partial charge in [-0.3, -0.25) is 14.4 Å². The number of sulfonamides is 2. The third-order valence-corrected chi connectivity index (χ3v) is 12.7. The standard InChI is InChI=1S/C20H19N3O6S.C19H18N4O5S.H3N/c1-28-20(25)17-11-14(13-21)5-6-18(17)22-19(24)15-3-2-4-16(12-15)30(26,27)23-7-9-29-10-8-23;20-12-13-4-5-17(16(10-13)18(21)24)22-19(25)14-2-1-3-15(11-14)29(26,27)23-6-8-28-9-7-23;/h2-6,11-12H,7-10H2,1H3,(H,22,24);1-5,10-11H,6-9H2,(H2,21,24)(H,22,25);1H3. The molecule has 0 saturated carbocycles. The number of methoxy groups -OCH3 is 1. The highest BCUT2D eigenvalue weighted by Gasteiger charge is 2.28. The second kappa shape index (κ2) is 20.4. The topological polar surface area (TPSA) is 303 Å². The number of morpholine rings is 2. The molecule has 4 aromatic rings. The van der Waals surface area contributed by atoms with Gasteiger partial charge in [0.1, 0.15) is 0 Å². The molecule has 2 heterocycles. The fourth-order valence-electron chi connectivity index (χ4n) is 5.78. The van der Waals surface area contributed by atoms with Crippen LogP contribution in [0.4, 0.5) is 11.4 Å². The van der Waals surface area contributed by atoms with Crippen molar-refractivity contribution >= 4 is 55.1 Å². The molecule has 2 fully saturated rings. The van der Waals surface area contributed by atoms with Gasteiger partial charge in [0.2, 0.25) is 20.0 Å². The van der Waals surface area contributed by atoms with E-state index in [1.807, 2.05) is 12.1 Å². The molecular formula is C39H40N8O11S2. The number of carbonyl (C=O) groups excluding carboxylic acids is 4. The van der Waals surface area contributed by atoms with Crippen LogP contribution in [0.3, 0.4) is 0 Å². The number of rotatable bonds is 10. The molecule has 314 valence electrons. The van der Waals surface area contributed by atoms with Crippen LogP contribution >= 0.6 is 0 Å². The smallest absolute Gasteiger partial charge is 0.340 e. The molecule has 0 unspecified atom stereocenters. The van der Waals surface area contributed by atoms with Crippen LogP contribution in [0, 0.1) is 22.7 Å². The van der Waals surface area contributed by atoms with Gasteiger partial charge in [0.15, 0.2) is 0 Å². The van der Waals surface area contributed by atoms with Gasteiger partial charge in [-0.05, 0) is 72.8 Å². The zero-order chi connectivity index (χ0) is 42.7. The average molecular weight is 861 g/mol. The number of nitrogens with two attached hydrogens (primary N) is 1. The Balaban J connectivity index is 0.000000260. The Hall–Kier alpha value is -6.56. The number of benzene rings is 4. The predicted octanol–water partition coefficient (Wildman–Crippen LogP) is 2.71. The van der Waals surface area contributed by atoms with Gasteiger partial charge < -0.3 is 36.7 Å². The molecule has 0 atom stereocenters. The van der Waals surface area contributed by atoms with Crippen molar-refractivity contribution in [2.45, 2.75) is 9.79 Å². The van der Waals surface area contributed by atoms with Crippen LogP contribution in [-0.4, -0.2) is 109 Å². The number of hydrogen-bond acceptors (Lipinski definition) is 14. The molecule has 7 N–H and O–H groups in total. The van der Waals surface area contributed by atoms with Gasteiger partial charge in [0.25, 0.3) is 17.7 Å². The maximum absolute atomic E-state index is 12.8. The third-order valence-electron chi connectivity index (χ3n) is 8.87. The zero-order valence-electron chi connectivity index (χ0n) is 32.1. The highest BCUT2D eigenvalue weighted by Crippen LogP contribution is 2.24. The van der Waals surface area contributed by atoms with Crippen molar-refractivity contribution in [1.29, 1.82) is 10.5 Å². The number of carbonyl (C=O) groups is 4. The van der Waals surface area contributed by atoms with Crippen molar-refractivity contribution in [3.05, 3.63) is 118 Å². The summed E-state index contributed by atoms with van der Waals surface area (Å²) in [5.74, 6) is -2.74. The third kappa shape index (κ3) is 10.9. The van der Waals surface area contributed by atoms with Gasteiger partial charge in [-0.1, -0.05) is 12.1 Å². The lowest BCUT2D eigenvalue weighted by atomic mass is 10.1. The summed E-state index contributed by atoms with van der Waals surface area (Å²) in [6.07, 6.45) is 0. The van der Waals surface area contributed by atoms with Gasteiger partial charge >= 0.3 is 5.97 Å². The molecule has 19 nitrogen and oxygen atoms in total. The first-order valence-electron chi connectivity index (χ1n) is 17.6. The van der Waals surface area contributed by atoms with Crippen molar-refractivity contribution in [2.75, 3.05) is 70.3 Å². The molecule has 0 radical (unpaired) electrons. The van der Waals surface area contributed by atoms with E-state index in [9.17, 15) is 36.0 Å². The molecule has 2 aliphatic heterocycles. The van der Waals surface area contributed by atoms with Crippen molar-refractivity contribution in [3.8, 4) is 12.1 Å². The van der Waals surface area contributed by atoms with Crippen LogP contribution in [0.1, 0.15) is 52.6 Å². The molecule has 0 aliphatic carbocycles. The van der Waals surface area contributed by atoms with Gasteiger partial charge in [-0.25, -0.2) is 21.6 Å². The van der Waals surface area contributed by atoms with Crippen LogP contribution in [0.25, 0.3) is 0 Å². The van der Waals surface area contributed by atoms with Crippen molar-refractivity contribution in [2.24, 2.45) is 5.73 Å². The summed E-state index contributed by atoms with van der Waals surface area (Å²) < 4.78 is 68.9. The number of primary amides is 1. The SMILES string of the molecule is COC(=O)c1cc(C#N)ccc1NC(=O)c1cccc(S(=O)(=O)N2CCOCC2)c1.N.N#Cc1ccc(NC(=O)c2cccc(S(=O)(=O)N3CCOCC3)c2)c(C(N)=O)c1. The minimum atomic E-state index is -3.76. The summed E-state index contributed by atoms with van der Waals surface area (Å²) >= 11 is 0. The second-order valence-electron chi connectivity index (χ2n) is 12.6. The van der Waals surface area contributed by atoms with Crippen LogP contribution in [-0.2, 0) is 34.3 Å². The molecule has 0 spiro atoms. The first-order chi connectivity index (χ1) is 28.2. The lowest BCUT2D eigenvalue weighted by Gasteiger charge is -2.26. The maximum atomic E-state index is 12.8. The molecule has 4 aromatic carbocycles. The second-order valence-corrected chi connectivity index (χ2v) is 16.5. The van der Waals surface area contributed by atoms with Crippen LogP contribution in [0.15, 0.2) is 94.7 Å². The number of amides is 3. The number of nitrogens with zero attached hydrogens (tertiary/aromatic N) is 4. The maximum Gasteiger partial charge on any atom is 0.340 e. The number of hydrogen-bond donors (Lipinski definition) is 4. The number of nitriles is 2. The monoisotopic (exact) mass is 860 g/mol. The van der Waals surface area contributed by atoms with Crippen LogP contribution < -0.4 is 22.5 Å². The van der Waals surface area contributed by atoms with Crippen molar-refractivity contribution in [1.82, 2.24) is 14.8 Å². The van der Waals surface area contributed by atoms with E-state index in [0.29, 0.717) is 26.4 Å². The van der Waals surface area contributed by atoms with E-state index >= 15 is 0 Å². The first-order valence-corrected chi connectivity index (χ1v) is 20.5. The molecule has 0 bridgehead atoms. The number of ether oxygens (including phenoxy) is 3. The van der Waals surface area contributed by atoms with Gasteiger partial charge in [0, 0.05) is 37.3 Å². The lowest BCUT2D eigenvalue weighted by molar-refractivity contribution is 0.0601. The largest absolute Gasteiger partial charge is 0.465 e. The van der Waals surface area contributed by atoms with E-state index < -0.39 is 43.7 Å². The highest BCUT2D eigenvalue weighted by atomic mass is 32.2. The Morgan fingerprint density at radius 3 is 1.43 bits per heavy atom. The number of anilines is 2. The van der Waals surface area contributed by atoms with E-state index in [4.69, 9.17) is 30.5 Å². The Morgan fingerprint density at radius 1 is 0.650 bits per heavy atom. The molecule has 3 amide bonds. The molecule has 0 aromatic heterocycles. The molecule has 2 saturated heterocycles. The quantitative estimate of drug-likeness (QED) is 0.167. The fourth-order valence-corrected chi connectivity index (χ4v) is 8.69. The van der Waals surface area contributed by atoms with Crippen molar-refractivity contribution in [3.63, 3.8) is 0 Å². The van der Waals surface area contributed by atoms with Gasteiger partial charge in [-0.2, -0.15) is 19.1 Å². The minimum absolute atomic E-state index is 0. The molecule has 60 heavy (non-hydrogen) atoms. The zero-order valence-corrected chi connectivity index (χ0v) is 33.8. The Morgan fingerprint density at radius 2 is 1.05 bits per heavy atom. The summed E-state index contributed by atoms with van der Waals surface area (Å²) in [6.45, 7) is 2.22. The Kier molecular flexibility index (Phi) is 15.7. The van der Waals surface area contributed by atoms with Crippen LogP contribution in [0.5, 0.6) is 0 Å². The van der Waals surface area contributed by atoms with Crippen molar-refractivity contribution < 1.29 is 50.2 Å². The molecule has 6 rings (SSSR count). The fraction of sp³-hybridized carbons (Fsp3) is 0.231. The molecule has 2 aliphatic rings. The molecule has 21 heteroatoms. The highest BCUT2D eigenvalue weighted by molar-refractivity contribution is 7.89. The summed E-state index contributed by atoms with van der Waals surface area (Å²) in [5.41, 5.74) is 6.24. The van der Waals surface area contributed by atoms with E-state index in [0.717, 1.165) is 0 Å². The minimum Gasteiger partial charge on any atom is -0.465 e. The van der Waals surface area contributed by atoms with E-state index in [1.54, 1.807) is 0 Å². The number of nitrogens with one attached hydrogen (secondary N) is 2. The van der Waals surface area contributed by atoms with E-state index in [-0.39, 0.29) is 86.9 Å². The van der Waals surface area contributed by atoms with E-state index in [2.05, 4.69) is 10.6 Å². The van der Waals surface area contributed by atoms with Gasteiger partial charge in [-0.15, -0.1) is 0 Å². The summed E-state index contributed by atoms with van der Waals surface area (Å²) in [7, 11) is -6.33. The molecular weight excluding hydrogens is 821 g/mol. The normalized spacial score (nSPS) is 14.4. The van der Waals surface area contributed by atoms with Crippen LogP contribution in [0.2, 0.25) is 0 Å². The average Bonchev–Trinajstić information content (AvgIpc) is 3.27. The lowest BCUT2D eigenvalue weighted by Crippen LogP contribution is -2.40. The van der Waals surface area contributed by atoms with Gasteiger partial charge in [0.05, 0.1) is 89.1 Å². The predicted molar refractivity (Wildman–Crippen MR) is 215 cm³/mol. The summed E-state index contributed by atoms with van der Waals surface area (Å²) in [5, 5.41) is 23.1. The van der Waals surface area contributed by atoms with E-state index in [1.165, 1.54) is 101 Å². The summed E-state index contributed by atoms with van der Waals surface area (Å²) in [6, 6.07) is 23.3. The first kappa shape index (κ1) is 46.1. The Labute approximate surface area is 345 Å². The Bertz CT molecular complexity index is 2580.